The van der Waals surface area contributed by atoms with E-state index in [2.05, 4.69) is 10.3 Å². The van der Waals surface area contributed by atoms with Gasteiger partial charge < -0.3 is 24.6 Å². The van der Waals surface area contributed by atoms with Crippen LogP contribution in [0.2, 0.25) is 0 Å². The zero-order valence-electron chi connectivity index (χ0n) is 27.6. The second-order valence-corrected chi connectivity index (χ2v) is 11.5. The lowest BCUT2D eigenvalue weighted by Crippen LogP contribution is -2.47. The maximum atomic E-state index is 13.5. The van der Waals surface area contributed by atoms with Gasteiger partial charge in [0.25, 0.3) is 11.2 Å². The predicted molar refractivity (Wildman–Crippen MR) is 184 cm³/mol. The van der Waals surface area contributed by atoms with Gasteiger partial charge in [-0.05, 0) is 65.6 Å². The molecule has 13 nitrogen and oxygen atoms in total. The molecule has 0 bridgehead atoms. The van der Waals surface area contributed by atoms with Gasteiger partial charge in [0.1, 0.15) is 29.7 Å². The molecule has 0 radical (unpaired) electrons. The van der Waals surface area contributed by atoms with Crippen LogP contribution in [0.25, 0.3) is 0 Å². The summed E-state index contributed by atoms with van der Waals surface area (Å²) in [6.45, 7) is 0.750. The highest BCUT2D eigenvalue weighted by Gasteiger charge is 2.39. The number of amides is 1. The summed E-state index contributed by atoms with van der Waals surface area (Å²) in [5.41, 5.74) is -0.156. The fourth-order valence-electron chi connectivity index (χ4n) is 5.67. The third-order valence-electron chi connectivity index (χ3n) is 8.33. The first kappa shape index (κ1) is 35.3. The van der Waals surface area contributed by atoms with Gasteiger partial charge in [-0.3, -0.25) is 29.3 Å². The Morgan fingerprint density at radius 3 is 1.94 bits per heavy atom. The lowest BCUT2D eigenvalue weighted by molar-refractivity contribution is -0.384. The van der Waals surface area contributed by atoms with Crippen molar-refractivity contribution in [3.63, 3.8) is 0 Å². The normalized spacial score (nSPS) is 12.5. The quantitative estimate of drug-likeness (QED) is 0.0890. The molecule has 0 aliphatic heterocycles. The average Bonchev–Trinajstić information content (AvgIpc) is 3.14. The van der Waals surface area contributed by atoms with Crippen LogP contribution >= 0.6 is 0 Å². The molecule has 0 saturated carbocycles. The van der Waals surface area contributed by atoms with E-state index in [1.165, 1.54) is 37.4 Å². The monoisotopic (exact) mass is 680 g/mol. The molecule has 13 heteroatoms. The van der Waals surface area contributed by atoms with Crippen molar-refractivity contribution in [3.05, 3.63) is 168 Å². The van der Waals surface area contributed by atoms with Gasteiger partial charge in [0.15, 0.2) is 0 Å². The SMILES string of the molecule is COc1ccc(C(OC[C@@H](NC(=O)Cn2cc(C)c(=O)[nH]c2=O)[C@@H](O)c2ccc([N+](=O)[O-])cc2)(c2ccccc2)c2ccc(OC)cc2)cc1. The first-order valence-corrected chi connectivity index (χ1v) is 15.6. The highest BCUT2D eigenvalue weighted by atomic mass is 16.6. The summed E-state index contributed by atoms with van der Waals surface area (Å²) in [6.07, 6.45) is -0.138. The molecule has 4 aromatic carbocycles. The van der Waals surface area contributed by atoms with Crippen LogP contribution in [0, 0.1) is 17.0 Å². The fourth-order valence-corrected chi connectivity index (χ4v) is 5.67. The van der Waals surface area contributed by atoms with E-state index in [4.69, 9.17) is 14.2 Å². The summed E-state index contributed by atoms with van der Waals surface area (Å²) >= 11 is 0. The molecule has 1 aromatic heterocycles. The third-order valence-corrected chi connectivity index (χ3v) is 8.33. The van der Waals surface area contributed by atoms with Gasteiger partial charge >= 0.3 is 5.69 Å². The predicted octanol–water partition coefficient (Wildman–Crippen LogP) is 4.00. The Labute approximate surface area is 286 Å². The summed E-state index contributed by atoms with van der Waals surface area (Å²) in [5, 5.41) is 25.8. The van der Waals surface area contributed by atoms with Crippen molar-refractivity contribution in [2.45, 2.75) is 31.2 Å². The number of nitro benzene ring substituents is 1. The van der Waals surface area contributed by atoms with E-state index < -0.39 is 46.4 Å². The number of aromatic nitrogens is 2. The molecule has 0 spiro atoms. The van der Waals surface area contributed by atoms with E-state index >= 15 is 0 Å². The summed E-state index contributed by atoms with van der Waals surface area (Å²) in [6, 6.07) is 28.2. The maximum Gasteiger partial charge on any atom is 0.328 e. The van der Waals surface area contributed by atoms with Crippen molar-refractivity contribution in [2.75, 3.05) is 20.8 Å². The lowest BCUT2D eigenvalue weighted by Gasteiger charge is -2.38. The third kappa shape index (κ3) is 7.64. The number of nitro groups is 1. The number of H-pyrrole nitrogens is 1. The molecule has 1 heterocycles. The second kappa shape index (κ2) is 15.4. The van der Waals surface area contributed by atoms with Crippen molar-refractivity contribution >= 4 is 11.6 Å². The van der Waals surface area contributed by atoms with Crippen LogP contribution in [0.1, 0.15) is 33.9 Å². The molecule has 0 fully saturated rings. The van der Waals surface area contributed by atoms with Gasteiger partial charge in [-0.2, -0.15) is 0 Å². The summed E-state index contributed by atoms with van der Waals surface area (Å²) < 4.78 is 18.8. The largest absolute Gasteiger partial charge is 0.497 e. The summed E-state index contributed by atoms with van der Waals surface area (Å²) in [7, 11) is 3.13. The van der Waals surface area contributed by atoms with E-state index in [1.54, 1.807) is 38.5 Å². The first-order valence-electron chi connectivity index (χ1n) is 15.6. The Morgan fingerprint density at radius 1 is 0.880 bits per heavy atom. The number of aliphatic hydroxyl groups excluding tert-OH is 1. The zero-order valence-corrected chi connectivity index (χ0v) is 27.6. The number of rotatable bonds is 14. The van der Waals surface area contributed by atoms with Crippen molar-refractivity contribution in [1.29, 1.82) is 0 Å². The van der Waals surface area contributed by atoms with Crippen LogP contribution in [-0.4, -0.2) is 52.4 Å². The number of carbonyl (C=O) groups is 1. The molecular formula is C37H36N4O9. The number of aryl methyl sites for hydroxylation is 1. The highest BCUT2D eigenvalue weighted by Crippen LogP contribution is 2.42. The lowest BCUT2D eigenvalue weighted by atomic mass is 9.80. The fraction of sp³-hybridized carbons (Fsp3) is 0.216. The number of nitrogens with zero attached hydrogens (tertiary/aromatic N) is 2. The topological polar surface area (TPSA) is 175 Å². The van der Waals surface area contributed by atoms with Gasteiger partial charge in [0.2, 0.25) is 5.91 Å². The molecule has 0 aliphatic rings. The molecule has 50 heavy (non-hydrogen) atoms. The van der Waals surface area contributed by atoms with E-state index in [0.29, 0.717) is 22.6 Å². The molecule has 5 aromatic rings. The van der Waals surface area contributed by atoms with E-state index in [0.717, 1.165) is 10.1 Å². The number of ether oxygens (including phenoxy) is 3. The number of nitrogens with one attached hydrogen (secondary N) is 2. The molecule has 258 valence electrons. The number of aliphatic hydroxyl groups is 1. The molecule has 0 unspecified atom stereocenters. The van der Waals surface area contributed by atoms with Gasteiger partial charge in [-0.1, -0.05) is 54.6 Å². The number of aromatic amines is 1. The van der Waals surface area contributed by atoms with Crippen molar-refractivity contribution in [3.8, 4) is 11.5 Å². The molecule has 5 rings (SSSR count). The number of non-ortho nitro benzene ring substituents is 1. The number of hydrogen-bond donors (Lipinski definition) is 3. The Hall–Kier alpha value is -6.05. The first-order chi connectivity index (χ1) is 24.0. The number of methoxy groups -OCH3 is 2. The minimum absolute atomic E-state index is 0.173. The van der Waals surface area contributed by atoms with Gasteiger partial charge in [0, 0.05) is 23.9 Å². The van der Waals surface area contributed by atoms with Crippen LogP contribution in [0.15, 0.2) is 119 Å². The smallest absolute Gasteiger partial charge is 0.328 e. The second-order valence-electron chi connectivity index (χ2n) is 11.5. The van der Waals surface area contributed by atoms with Crippen LogP contribution in [0.3, 0.4) is 0 Å². The molecule has 2 atom stereocenters. The average molecular weight is 681 g/mol. The van der Waals surface area contributed by atoms with Crippen molar-refractivity contribution in [1.82, 2.24) is 14.9 Å². The Bertz CT molecular complexity index is 2000. The minimum atomic E-state index is -1.41. The van der Waals surface area contributed by atoms with Gasteiger partial charge in [-0.25, -0.2) is 4.79 Å². The molecule has 3 N–H and O–H groups in total. The summed E-state index contributed by atoms with van der Waals surface area (Å²) in [4.78, 5) is 50.7. The maximum absolute atomic E-state index is 13.5. The summed E-state index contributed by atoms with van der Waals surface area (Å²) in [5.74, 6) is 0.584. The molecule has 0 saturated heterocycles. The zero-order chi connectivity index (χ0) is 35.8. The van der Waals surface area contributed by atoms with Crippen LogP contribution in [0.5, 0.6) is 11.5 Å². The number of hydrogen-bond acceptors (Lipinski definition) is 9. The Morgan fingerprint density at radius 2 is 1.42 bits per heavy atom. The molecular weight excluding hydrogens is 644 g/mol. The van der Waals surface area contributed by atoms with Crippen LogP contribution in [-0.2, 0) is 21.7 Å². The van der Waals surface area contributed by atoms with Crippen LogP contribution in [0.4, 0.5) is 5.69 Å². The number of carbonyl (C=O) groups excluding carboxylic acids is 1. The standard InChI is InChI=1S/C37H36N4O9/c1-24-21-40(36(45)39-35(24)44)22-33(42)38-32(34(43)25-9-15-29(16-10-25)41(46)47)23-50-37(26-7-5-4-6-8-26,27-11-17-30(48-2)18-12-27)28-13-19-31(49-3)20-14-28/h4-21,32,34,43H,22-23H2,1-3H3,(H,38,42)(H,39,44,45)/t32-,34+/m1/s1. The highest BCUT2D eigenvalue weighted by molar-refractivity contribution is 5.76. The van der Waals surface area contributed by atoms with Crippen LogP contribution < -0.4 is 26.0 Å². The molecule has 1 amide bonds. The Balaban J connectivity index is 1.59. The van der Waals surface area contributed by atoms with E-state index in [-0.39, 0.29) is 23.4 Å². The van der Waals surface area contributed by atoms with E-state index in [1.807, 2.05) is 54.6 Å². The van der Waals surface area contributed by atoms with E-state index in [9.17, 15) is 29.6 Å². The number of benzene rings is 4. The Kier molecular flexibility index (Phi) is 10.9. The van der Waals surface area contributed by atoms with Crippen molar-refractivity contribution in [2.24, 2.45) is 0 Å². The van der Waals surface area contributed by atoms with Crippen molar-refractivity contribution < 1.29 is 29.0 Å². The molecule has 0 aliphatic carbocycles. The minimum Gasteiger partial charge on any atom is -0.497 e. The van der Waals surface area contributed by atoms with Gasteiger partial charge in [0.05, 0.1) is 31.8 Å². The van der Waals surface area contributed by atoms with Gasteiger partial charge in [-0.15, -0.1) is 0 Å².